The molecule has 0 radical (unpaired) electrons. The number of hydrogen-bond acceptors (Lipinski definition) is 5. The molecule has 0 atom stereocenters. The summed E-state index contributed by atoms with van der Waals surface area (Å²) in [5.74, 6) is 0.109. The maximum absolute atomic E-state index is 14.1. The van der Waals surface area contributed by atoms with Gasteiger partial charge < -0.3 is 18.9 Å². The average Bonchev–Trinajstić information content (AvgIpc) is 3.19. The molecule has 1 saturated heterocycles. The third-order valence-corrected chi connectivity index (χ3v) is 8.15. The standard InChI is InChI=1S/C29H31F3N4O2/c1-35-26-5-8-33-16-24(26)23-4-3-19(14-27(23)35)20-13-25(29(30,31)32)28(34-15-20)38-22-11-18(12-22)17-36-9-6-21(37-2)7-10-36/h3-5,8,13-16,18,21-22H,6-7,9-12,17H2,1-2H3/t18-,22-. The summed E-state index contributed by atoms with van der Waals surface area (Å²) in [6.45, 7) is 2.97. The van der Waals surface area contributed by atoms with Crippen LogP contribution in [0.2, 0.25) is 0 Å². The van der Waals surface area contributed by atoms with E-state index in [1.165, 1.54) is 6.20 Å². The van der Waals surface area contributed by atoms with Gasteiger partial charge in [-0.1, -0.05) is 12.1 Å². The fourth-order valence-electron chi connectivity index (χ4n) is 5.91. The molecule has 0 unspecified atom stereocenters. The van der Waals surface area contributed by atoms with Gasteiger partial charge in [0.15, 0.2) is 0 Å². The molecule has 0 N–H and O–H groups in total. The van der Waals surface area contributed by atoms with Crippen LogP contribution < -0.4 is 4.74 Å². The van der Waals surface area contributed by atoms with Crippen LogP contribution in [0.25, 0.3) is 32.9 Å². The van der Waals surface area contributed by atoms with Gasteiger partial charge in [0.2, 0.25) is 5.88 Å². The SMILES string of the molecule is COC1CCN(C[C@H]2C[C@H](Oc3ncc(-c4ccc5c6cnccc6n(C)c5c4)cc3C(F)(F)F)C2)CC1. The van der Waals surface area contributed by atoms with E-state index in [2.05, 4.69) is 14.9 Å². The van der Waals surface area contributed by atoms with Gasteiger partial charge in [-0.3, -0.25) is 4.98 Å². The molecular formula is C29H31F3N4O2. The van der Waals surface area contributed by atoms with Crippen LogP contribution in [-0.2, 0) is 18.0 Å². The molecule has 2 fully saturated rings. The number of halogens is 3. The first kappa shape index (κ1) is 25.1. The number of methoxy groups -OCH3 is 1. The van der Waals surface area contributed by atoms with Gasteiger partial charge in [0.05, 0.1) is 11.6 Å². The van der Waals surface area contributed by atoms with E-state index in [4.69, 9.17) is 9.47 Å². The highest BCUT2D eigenvalue weighted by Crippen LogP contribution is 2.41. The fourth-order valence-corrected chi connectivity index (χ4v) is 5.91. The van der Waals surface area contributed by atoms with E-state index in [1.807, 2.05) is 35.9 Å². The zero-order valence-corrected chi connectivity index (χ0v) is 21.5. The smallest absolute Gasteiger partial charge is 0.421 e. The minimum atomic E-state index is -4.57. The van der Waals surface area contributed by atoms with E-state index in [0.29, 0.717) is 23.1 Å². The summed E-state index contributed by atoms with van der Waals surface area (Å²) in [5, 5.41) is 2.01. The summed E-state index contributed by atoms with van der Waals surface area (Å²) in [7, 11) is 3.70. The first-order valence-corrected chi connectivity index (χ1v) is 13.1. The Kier molecular flexibility index (Phi) is 6.52. The molecule has 2 aliphatic rings. The number of likely N-dealkylation sites (tertiary alicyclic amines) is 1. The Morgan fingerprint density at radius 2 is 1.74 bits per heavy atom. The largest absolute Gasteiger partial charge is 0.474 e. The third-order valence-electron chi connectivity index (χ3n) is 8.15. The number of ether oxygens (including phenoxy) is 2. The van der Waals surface area contributed by atoms with Gasteiger partial charge in [-0.05, 0) is 55.4 Å². The van der Waals surface area contributed by atoms with E-state index in [1.54, 1.807) is 19.5 Å². The number of fused-ring (bicyclic) bond motifs is 3. The topological polar surface area (TPSA) is 52.4 Å². The van der Waals surface area contributed by atoms with Crippen molar-refractivity contribution in [3.8, 4) is 17.0 Å². The predicted octanol–water partition coefficient (Wildman–Crippen LogP) is 6.08. The first-order chi connectivity index (χ1) is 18.3. The summed E-state index contributed by atoms with van der Waals surface area (Å²) < 4.78 is 55.5. The lowest BCUT2D eigenvalue weighted by Crippen LogP contribution is -2.45. The number of alkyl halides is 3. The van der Waals surface area contributed by atoms with Crippen molar-refractivity contribution in [3.05, 3.63) is 54.5 Å². The Morgan fingerprint density at radius 3 is 2.47 bits per heavy atom. The molecule has 1 saturated carbocycles. The van der Waals surface area contributed by atoms with Crippen LogP contribution in [-0.4, -0.2) is 58.4 Å². The highest BCUT2D eigenvalue weighted by molar-refractivity contribution is 6.08. The zero-order valence-electron chi connectivity index (χ0n) is 21.5. The van der Waals surface area contributed by atoms with Crippen molar-refractivity contribution < 1.29 is 22.6 Å². The Balaban J connectivity index is 1.18. The Labute approximate surface area is 219 Å². The van der Waals surface area contributed by atoms with Crippen molar-refractivity contribution in [1.29, 1.82) is 0 Å². The molecule has 1 aliphatic heterocycles. The van der Waals surface area contributed by atoms with Crippen molar-refractivity contribution in [2.45, 2.75) is 44.1 Å². The van der Waals surface area contributed by atoms with E-state index in [0.717, 1.165) is 73.2 Å². The van der Waals surface area contributed by atoms with E-state index >= 15 is 0 Å². The van der Waals surface area contributed by atoms with Crippen molar-refractivity contribution in [2.75, 3.05) is 26.7 Å². The van der Waals surface area contributed by atoms with E-state index in [9.17, 15) is 13.2 Å². The summed E-state index contributed by atoms with van der Waals surface area (Å²) in [4.78, 5) is 10.8. The van der Waals surface area contributed by atoms with Crippen molar-refractivity contribution in [1.82, 2.24) is 19.4 Å². The monoisotopic (exact) mass is 524 g/mol. The number of hydrogen-bond donors (Lipinski definition) is 0. The number of piperidine rings is 1. The summed E-state index contributed by atoms with van der Waals surface area (Å²) >= 11 is 0. The Bertz CT molecular complexity index is 1450. The lowest BCUT2D eigenvalue weighted by molar-refractivity contribution is -0.140. The van der Waals surface area contributed by atoms with Gasteiger partial charge in [-0.25, -0.2) is 4.98 Å². The molecule has 4 aromatic rings. The van der Waals surface area contributed by atoms with Gasteiger partial charge in [0, 0.05) is 74.2 Å². The highest BCUT2D eigenvalue weighted by atomic mass is 19.4. The summed E-state index contributed by atoms with van der Waals surface area (Å²) in [6, 6.07) is 8.75. The second kappa shape index (κ2) is 9.85. The van der Waals surface area contributed by atoms with Crippen LogP contribution in [0.4, 0.5) is 13.2 Å². The van der Waals surface area contributed by atoms with Gasteiger partial charge in [-0.2, -0.15) is 13.2 Å². The van der Waals surface area contributed by atoms with Crippen LogP contribution in [0.5, 0.6) is 5.88 Å². The Hall–Kier alpha value is -3.17. The minimum absolute atomic E-state index is 0.239. The summed E-state index contributed by atoms with van der Waals surface area (Å²) in [6.07, 6.45) is 4.10. The molecule has 9 heteroatoms. The molecular weight excluding hydrogens is 493 g/mol. The van der Waals surface area contributed by atoms with Crippen LogP contribution in [0.15, 0.2) is 48.9 Å². The van der Waals surface area contributed by atoms with Gasteiger partial charge in [-0.15, -0.1) is 0 Å². The number of aromatic nitrogens is 3. The molecule has 1 aliphatic carbocycles. The fraction of sp³-hybridized carbons (Fsp3) is 0.448. The third kappa shape index (κ3) is 4.73. The average molecular weight is 525 g/mol. The molecule has 38 heavy (non-hydrogen) atoms. The number of benzene rings is 1. The predicted molar refractivity (Wildman–Crippen MR) is 140 cm³/mol. The van der Waals surface area contributed by atoms with Gasteiger partial charge >= 0.3 is 6.18 Å². The number of aryl methyl sites for hydroxylation is 1. The van der Waals surface area contributed by atoms with Crippen LogP contribution in [0.3, 0.4) is 0 Å². The van der Waals surface area contributed by atoms with E-state index in [-0.39, 0.29) is 12.0 Å². The molecule has 3 aromatic heterocycles. The van der Waals surface area contributed by atoms with Crippen molar-refractivity contribution in [2.24, 2.45) is 13.0 Å². The lowest BCUT2D eigenvalue weighted by atomic mass is 9.81. The van der Waals surface area contributed by atoms with Crippen LogP contribution >= 0.6 is 0 Å². The number of rotatable bonds is 6. The van der Waals surface area contributed by atoms with Crippen molar-refractivity contribution >= 4 is 21.8 Å². The highest BCUT2D eigenvalue weighted by Gasteiger charge is 2.39. The molecule has 6 rings (SSSR count). The summed E-state index contributed by atoms with van der Waals surface area (Å²) in [5.41, 5.74) is 2.18. The second-order valence-electron chi connectivity index (χ2n) is 10.6. The molecule has 0 amide bonds. The number of pyridine rings is 2. The molecule has 200 valence electrons. The quantitative estimate of drug-likeness (QED) is 0.306. The normalized spacial score (nSPS) is 21.2. The van der Waals surface area contributed by atoms with E-state index < -0.39 is 11.7 Å². The van der Waals surface area contributed by atoms with Crippen LogP contribution in [0.1, 0.15) is 31.2 Å². The number of nitrogens with zero attached hydrogens (tertiary/aromatic N) is 4. The molecule has 0 spiro atoms. The first-order valence-electron chi connectivity index (χ1n) is 13.1. The molecule has 4 heterocycles. The lowest BCUT2D eigenvalue weighted by Gasteiger charge is -2.40. The second-order valence-corrected chi connectivity index (χ2v) is 10.6. The minimum Gasteiger partial charge on any atom is -0.474 e. The Morgan fingerprint density at radius 1 is 0.947 bits per heavy atom. The zero-order chi connectivity index (χ0) is 26.4. The van der Waals surface area contributed by atoms with Gasteiger partial charge in [0.25, 0.3) is 0 Å². The van der Waals surface area contributed by atoms with Crippen LogP contribution in [0, 0.1) is 5.92 Å². The molecule has 1 aromatic carbocycles. The molecule has 6 nitrogen and oxygen atoms in total. The maximum Gasteiger partial charge on any atom is 0.421 e. The van der Waals surface area contributed by atoms with Gasteiger partial charge in [0.1, 0.15) is 11.7 Å². The van der Waals surface area contributed by atoms with Crippen molar-refractivity contribution in [3.63, 3.8) is 0 Å². The maximum atomic E-state index is 14.1. The molecule has 0 bridgehead atoms.